The summed E-state index contributed by atoms with van der Waals surface area (Å²) in [6, 6.07) is 6.08. The van der Waals surface area contributed by atoms with Crippen LogP contribution in [0.2, 0.25) is 0 Å². The van der Waals surface area contributed by atoms with Crippen molar-refractivity contribution in [2.75, 3.05) is 40.3 Å². The van der Waals surface area contributed by atoms with E-state index in [-0.39, 0.29) is 23.5 Å². The number of sulfonamides is 1. The van der Waals surface area contributed by atoms with E-state index in [9.17, 15) is 13.2 Å². The highest BCUT2D eigenvalue weighted by atomic mass is 32.2. The van der Waals surface area contributed by atoms with Crippen LogP contribution >= 0.6 is 0 Å². The van der Waals surface area contributed by atoms with Crippen molar-refractivity contribution in [1.82, 2.24) is 14.9 Å². The molecule has 1 aliphatic heterocycles. The van der Waals surface area contributed by atoms with E-state index in [1.54, 1.807) is 12.1 Å². The lowest BCUT2D eigenvalue weighted by molar-refractivity contribution is 0.0952. The number of benzene rings is 1. The number of nitrogens with one attached hydrogen (secondary N) is 2. The quantitative estimate of drug-likeness (QED) is 0.630. The first-order valence-electron chi connectivity index (χ1n) is 8.53. The molecule has 8 heteroatoms. The number of nitrogens with zero attached hydrogens (tertiary/aromatic N) is 1. The van der Waals surface area contributed by atoms with Gasteiger partial charge in [0.25, 0.3) is 5.91 Å². The summed E-state index contributed by atoms with van der Waals surface area (Å²) in [5.41, 5.74) is 0.338. The first-order valence-corrected chi connectivity index (χ1v) is 10.0. The van der Waals surface area contributed by atoms with E-state index in [4.69, 9.17) is 4.74 Å². The second-order valence-corrected chi connectivity index (χ2v) is 8.19. The Morgan fingerprint density at radius 2 is 2.16 bits per heavy atom. The van der Waals surface area contributed by atoms with E-state index in [2.05, 4.69) is 10.0 Å². The molecule has 2 N–H and O–H groups in total. The molecule has 0 aromatic heterocycles. The van der Waals surface area contributed by atoms with E-state index in [0.717, 1.165) is 25.8 Å². The molecular formula is C17H27N3O4S. The van der Waals surface area contributed by atoms with Gasteiger partial charge < -0.3 is 15.0 Å². The number of rotatable bonds is 9. The number of carbonyl (C=O) groups excluding carboxylic acids is 1. The van der Waals surface area contributed by atoms with Gasteiger partial charge in [-0.15, -0.1) is 0 Å². The molecule has 0 spiro atoms. The molecule has 1 fully saturated rings. The average Bonchev–Trinajstić information content (AvgIpc) is 3.10. The SMILES string of the molecule is CN(C)CCCNC(=O)c1cccc(S(=O)(=O)NCC2CCCO2)c1. The van der Waals surface area contributed by atoms with Crippen LogP contribution in [0.5, 0.6) is 0 Å². The summed E-state index contributed by atoms with van der Waals surface area (Å²) < 4.78 is 32.8. The Bertz CT molecular complexity index is 670. The minimum absolute atomic E-state index is 0.0713. The first-order chi connectivity index (χ1) is 11.9. The molecule has 25 heavy (non-hydrogen) atoms. The maximum atomic E-state index is 12.4. The van der Waals surface area contributed by atoms with Gasteiger partial charge in [-0.25, -0.2) is 13.1 Å². The van der Waals surface area contributed by atoms with Crippen LogP contribution in [-0.4, -0.2) is 65.7 Å². The standard InChI is InChI=1S/C17H27N3O4S/c1-20(2)10-5-9-18-17(21)14-6-3-8-16(12-14)25(22,23)19-13-15-7-4-11-24-15/h3,6,8,12,15,19H,4-5,7,9-11,13H2,1-2H3,(H,18,21). The Kier molecular flexibility index (Phi) is 7.37. The van der Waals surface area contributed by atoms with E-state index < -0.39 is 10.0 Å². The molecule has 1 unspecified atom stereocenters. The van der Waals surface area contributed by atoms with Gasteiger partial charge in [-0.05, 0) is 58.1 Å². The molecule has 1 aromatic carbocycles. The fourth-order valence-electron chi connectivity index (χ4n) is 2.60. The highest BCUT2D eigenvalue weighted by Gasteiger charge is 2.21. The predicted molar refractivity (Wildman–Crippen MR) is 96.1 cm³/mol. The zero-order chi connectivity index (χ0) is 18.3. The Labute approximate surface area is 149 Å². The fraction of sp³-hybridized carbons (Fsp3) is 0.588. The van der Waals surface area contributed by atoms with Crippen LogP contribution in [0.15, 0.2) is 29.2 Å². The van der Waals surface area contributed by atoms with E-state index in [0.29, 0.717) is 18.7 Å². The molecule has 0 radical (unpaired) electrons. The van der Waals surface area contributed by atoms with Crippen LogP contribution in [0, 0.1) is 0 Å². The predicted octanol–water partition coefficient (Wildman–Crippen LogP) is 0.825. The van der Waals surface area contributed by atoms with Crippen LogP contribution in [0.1, 0.15) is 29.6 Å². The van der Waals surface area contributed by atoms with E-state index >= 15 is 0 Å². The van der Waals surface area contributed by atoms with Gasteiger partial charge in [-0.3, -0.25) is 4.79 Å². The largest absolute Gasteiger partial charge is 0.377 e. The summed E-state index contributed by atoms with van der Waals surface area (Å²) in [4.78, 5) is 14.3. The lowest BCUT2D eigenvalue weighted by Crippen LogP contribution is -2.32. The van der Waals surface area contributed by atoms with Gasteiger partial charge in [0.15, 0.2) is 0 Å². The van der Waals surface area contributed by atoms with Gasteiger partial charge in [0.2, 0.25) is 10.0 Å². The third-order valence-electron chi connectivity index (χ3n) is 4.00. The molecule has 0 bridgehead atoms. The zero-order valence-electron chi connectivity index (χ0n) is 14.8. The number of hydrogen-bond acceptors (Lipinski definition) is 5. The Morgan fingerprint density at radius 1 is 1.36 bits per heavy atom. The van der Waals surface area contributed by atoms with Crippen molar-refractivity contribution in [2.24, 2.45) is 0 Å². The molecule has 1 heterocycles. The second-order valence-electron chi connectivity index (χ2n) is 6.43. The number of hydrogen-bond donors (Lipinski definition) is 2. The molecule has 7 nitrogen and oxygen atoms in total. The van der Waals surface area contributed by atoms with Crippen LogP contribution in [0.4, 0.5) is 0 Å². The summed E-state index contributed by atoms with van der Waals surface area (Å²) in [6.45, 7) is 2.35. The zero-order valence-corrected chi connectivity index (χ0v) is 15.6. The third-order valence-corrected chi connectivity index (χ3v) is 5.42. The number of carbonyl (C=O) groups is 1. The molecule has 1 saturated heterocycles. The fourth-order valence-corrected chi connectivity index (χ4v) is 3.71. The lowest BCUT2D eigenvalue weighted by Gasteiger charge is -2.12. The molecule has 2 rings (SSSR count). The summed E-state index contributed by atoms with van der Waals surface area (Å²) in [5, 5.41) is 2.81. The van der Waals surface area contributed by atoms with Crippen LogP contribution in [0.3, 0.4) is 0 Å². The van der Waals surface area contributed by atoms with Gasteiger partial charge in [0, 0.05) is 25.3 Å². The highest BCUT2D eigenvalue weighted by Crippen LogP contribution is 2.14. The van der Waals surface area contributed by atoms with Gasteiger partial charge in [0.05, 0.1) is 11.0 Å². The molecule has 140 valence electrons. The topological polar surface area (TPSA) is 87.7 Å². The lowest BCUT2D eigenvalue weighted by atomic mass is 10.2. The summed E-state index contributed by atoms with van der Waals surface area (Å²) in [6.07, 6.45) is 2.57. The highest BCUT2D eigenvalue weighted by molar-refractivity contribution is 7.89. The van der Waals surface area contributed by atoms with Crippen LogP contribution in [-0.2, 0) is 14.8 Å². The normalized spacial score (nSPS) is 17.8. The molecule has 1 amide bonds. The maximum absolute atomic E-state index is 12.4. The van der Waals surface area contributed by atoms with Crippen molar-refractivity contribution in [3.8, 4) is 0 Å². The number of amides is 1. The molecule has 1 aromatic rings. The van der Waals surface area contributed by atoms with Crippen molar-refractivity contribution in [2.45, 2.75) is 30.3 Å². The third kappa shape index (κ3) is 6.39. The van der Waals surface area contributed by atoms with Crippen molar-refractivity contribution in [1.29, 1.82) is 0 Å². The molecule has 0 aliphatic carbocycles. The average molecular weight is 369 g/mol. The monoisotopic (exact) mass is 369 g/mol. The smallest absolute Gasteiger partial charge is 0.251 e. The van der Waals surface area contributed by atoms with Crippen molar-refractivity contribution in [3.05, 3.63) is 29.8 Å². The molecule has 1 atom stereocenters. The minimum Gasteiger partial charge on any atom is -0.377 e. The van der Waals surface area contributed by atoms with Crippen molar-refractivity contribution in [3.63, 3.8) is 0 Å². The van der Waals surface area contributed by atoms with Crippen LogP contribution < -0.4 is 10.0 Å². The Hall–Kier alpha value is -1.48. The minimum atomic E-state index is -3.66. The molecular weight excluding hydrogens is 342 g/mol. The maximum Gasteiger partial charge on any atom is 0.251 e. The molecule has 1 aliphatic rings. The van der Waals surface area contributed by atoms with Crippen molar-refractivity contribution >= 4 is 15.9 Å². The second kappa shape index (κ2) is 9.28. The van der Waals surface area contributed by atoms with E-state index in [1.165, 1.54) is 12.1 Å². The van der Waals surface area contributed by atoms with Gasteiger partial charge >= 0.3 is 0 Å². The summed E-state index contributed by atoms with van der Waals surface area (Å²) in [7, 11) is 0.287. The Morgan fingerprint density at radius 3 is 2.84 bits per heavy atom. The molecule has 0 saturated carbocycles. The summed E-state index contributed by atoms with van der Waals surface area (Å²) in [5.74, 6) is -0.269. The van der Waals surface area contributed by atoms with Crippen LogP contribution in [0.25, 0.3) is 0 Å². The van der Waals surface area contributed by atoms with E-state index in [1.807, 2.05) is 19.0 Å². The summed E-state index contributed by atoms with van der Waals surface area (Å²) >= 11 is 0. The Balaban J connectivity index is 1.93. The van der Waals surface area contributed by atoms with Gasteiger partial charge in [-0.1, -0.05) is 6.07 Å². The van der Waals surface area contributed by atoms with Gasteiger partial charge in [-0.2, -0.15) is 0 Å². The first kappa shape index (κ1) is 19.8. The van der Waals surface area contributed by atoms with Crippen molar-refractivity contribution < 1.29 is 17.9 Å². The number of ether oxygens (including phenoxy) is 1. The van der Waals surface area contributed by atoms with Gasteiger partial charge in [0.1, 0.15) is 0 Å².